The van der Waals surface area contributed by atoms with Crippen LogP contribution in [0.4, 0.5) is 0 Å². The molecule has 0 fully saturated rings. The van der Waals surface area contributed by atoms with E-state index in [1.165, 1.54) is 5.56 Å². The van der Waals surface area contributed by atoms with Crippen molar-refractivity contribution in [3.8, 4) is 0 Å². The van der Waals surface area contributed by atoms with Crippen LogP contribution in [-0.4, -0.2) is 27.3 Å². The molecular weight excluding hydrogens is 444 g/mol. The van der Waals surface area contributed by atoms with Gasteiger partial charge in [0.25, 0.3) is 0 Å². The molecule has 0 saturated carbocycles. The van der Waals surface area contributed by atoms with Gasteiger partial charge in [0.1, 0.15) is 6.04 Å². The van der Waals surface area contributed by atoms with Crippen molar-refractivity contribution < 1.29 is 0 Å². The molecule has 2 unspecified atom stereocenters. The van der Waals surface area contributed by atoms with Crippen molar-refractivity contribution in [3.63, 3.8) is 0 Å². The van der Waals surface area contributed by atoms with Crippen LogP contribution in [0, 0.1) is 0 Å². The highest BCUT2D eigenvalue weighted by molar-refractivity contribution is 9.10. The maximum atomic E-state index is 4.88. The highest BCUT2D eigenvalue weighted by Crippen LogP contribution is 2.40. The third-order valence-corrected chi connectivity index (χ3v) is 5.50. The van der Waals surface area contributed by atoms with E-state index in [9.17, 15) is 0 Å². The van der Waals surface area contributed by atoms with Gasteiger partial charge in [-0.3, -0.25) is 5.01 Å². The molecule has 1 aliphatic heterocycles. The van der Waals surface area contributed by atoms with Gasteiger partial charge in [0, 0.05) is 34.0 Å². The van der Waals surface area contributed by atoms with Crippen LogP contribution < -0.4 is 0 Å². The van der Waals surface area contributed by atoms with E-state index in [1.807, 2.05) is 30.8 Å². The Hall–Kier alpha value is -1.92. The largest absolute Gasteiger partial charge is 0.326 e. The van der Waals surface area contributed by atoms with E-state index in [4.69, 9.17) is 5.10 Å². The van der Waals surface area contributed by atoms with Crippen molar-refractivity contribution in [3.05, 3.63) is 87.3 Å². The smallest absolute Gasteiger partial charge is 0.105 e. The van der Waals surface area contributed by atoms with Crippen molar-refractivity contribution in [1.29, 1.82) is 0 Å². The predicted molar refractivity (Wildman–Crippen MR) is 107 cm³/mol. The maximum Gasteiger partial charge on any atom is 0.105 e. The van der Waals surface area contributed by atoms with E-state index >= 15 is 0 Å². The Balaban J connectivity index is 1.80. The summed E-state index contributed by atoms with van der Waals surface area (Å²) in [4.78, 5) is 4.25. The van der Waals surface area contributed by atoms with Crippen LogP contribution in [0.15, 0.2) is 81.3 Å². The average Bonchev–Trinajstić information content (AvgIpc) is 3.24. The van der Waals surface area contributed by atoms with Crippen LogP contribution in [0.3, 0.4) is 0 Å². The molecule has 6 heteroatoms. The number of likely N-dealkylation sites (N-methyl/N-ethyl adjacent to an activating group) is 1. The number of benzene rings is 2. The Morgan fingerprint density at radius 3 is 2.12 bits per heavy atom. The fourth-order valence-electron chi connectivity index (χ4n) is 3.29. The van der Waals surface area contributed by atoms with Gasteiger partial charge in [-0.2, -0.15) is 5.10 Å². The van der Waals surface area contributed by atoms with E-state index in [-0.39, 0.29) is 12.1 Å². The first-order valence-corrected chi connectivity index (χ1v) is 9.52. The lowest BCUT2D eigenvalue weighted by Gasteiger charge is -2.26. The third-order valence-electron chi connectivity index (χ3n) is 4.44. The molecular formula is C19H16Br2N4. The first kappa shape index (κ1) is 16.5. The zero-order chi connectivity index (χ0) is 17.4. The van der Waals surface area contributed by atoms with Gasteiger partial charge in [-0.25, -0.2) is 4.98 Å². The van der Waals surface area contributed by atoms with Crippen molar-refractivity contribution >= 4 is 37.6 Å². The lowest BCUT2D eigenvalue weighted by Crippen LogP contribution is -2.26. The second-order valence-electron chi connectivity index (χ2n) is 6.02. The van der Waals surface area contributed by atoms with Crippen LogP contribution in [0.1, 0.15) is 23.2 Å². The molecule has 0 spiro atoms. The number of hydrogen-bond acceptors (Lipinski definition) is 3. The summed E-state index contributed by atoms with van der Waals surface area (Å²) in [5.74, 6) is 0. The molecule has 0 amide bonds. The summed E-state index contributed by atoms with van der Waals surface area (Å²) in [6, 6.07) is 16.9. The van der Waals surface area contributed by atoms with E-state index < -0.39 is 0 Å². The van der Waals surface area contributed by atoms with Gasteiger partial charge in [0.15, 0.2) is 0 Å². The van der Waals surface area contributed by atoms with Crippen molar-refractivity contribution in [2.45, 2.75) is 12.1 Å². The van der Waals surface area contributed by atoms with Crippen LogP contribution in [0.2, 0.25) is 0 Å². The first-order chi connectivity index (χ1) is 12.1. The topological polar surface area (TPSA) is 33.4 Å². The Morgan fingerprint density at radius 1 is 0.880 bits per heavy atom. The standard InChI is InChI=1S/C19H16Br2N4/c1-24-18(14-4-8-16(21)9-5-14)19(25-11-10-22-12-25)17(23-24)13-2-6-15(20)7-3-13/h2-12,18-19H,1H3. The van der Waals surface area contributed by atoms with Gasteiger partial charge >= 0.3 is 0 Å². The summed E-state index contributed by atoms with van der Waals surface area (Å²) in [5, 5.41) is 6.93. The quantitative estimate of drug-likeness (QED) is 0.549. The highest BCUT2D eigenvalue weighted by atomic mass is 79.9. The number of rotatable bonds is 3. The van der Waals surface area contributed by atoms with Crippen molar-refractivity contribution in [2.24, 2.45) is 5.10 Å². The van der Waals surface area contributed by atoms with E-state index in [0.717, 1.165) is 20.2 Å². The molecule has 2 aromatic carbocycles. The molecule has 3 aromatic rings. The minimum absolute atomic E-state index is 0.0647. The van der Waals surface area contributed by atoms with E-state index in [1.54, 1.807) is 0 Å². The minimum atomic E-state index is 0.0647. The van der Waals surface area contributed by atoms with Crippen molar-refractivity contribution in [1.82, 2.24) is 14.6 Å². The fraction of sp³-hybridized carbons (Fsp3) is 0.158. The Kier molecular flexibility index (Phi) is 4.48. The van der Waals surface area contributed by atoms with E-state index in [2.05, 4.69) is 89.9 Å². The SMILES string of the molecule is CN1N=C(c2ccc(Br)cc2)C(n2ccnc2)C1c1ccc(Br)cc1. The molecule has 0 N–H and O–H groups in total. The van der Waals surface area contributed by atoms with Gasteiger partial charge in [-0.15, -0.1) is 0 Å². The summed E-state index contributed by atoms with van der Waals surface area (Å²) < 4.78 is 4.27. The second kappa shape index (κ2) is 6.77. The third kappa shape index (κ3) is 3.16. The van der Waals surface area contributed by atoms with Crippen LogP contribution in [0.5, 0.6) is 0 Å². The highest BCUT2D eigenvalue weighted by Gasteiger charge is 2.38. The summed E-state index contributed by atoms with van der Waals surface area (Å²) in [6.07, 6.45) is 5.68. The maximum absolute atomic E-state index is 4.88. The van der Waals surface area contributed by atoms with Gasteiger partial charge in [-0.05, 0) is 29.8 Å². The normalized spacial score (nSPS) is 20.0. The molecule has 1 aliphatic rings. The summed E-state index contributed by atoms with van der Waals surface area (Å²) in [6.45, 7) is 0. The molecule has 2 atom stereocenters. The number of nitrogens with zero attached hydrogens (tertiary/aromatic N) is 4. The van der Waals surface area contributed by atoms with Crippen LogP contribution >= 0.6 is 31.9 Å². The fourth-order valence-corrected chi connectivity index (χ4v) is 3.82. The number of hydrazone groups is 1. The first-order valence-electron chi connectivity index (χ1n) is 7.93. The summed E-state index contributed by atoms with van der Waals surface area (Å²) >= 11 is 7.02. The number of halogens is 2. The summed E-state index contributed by atoms with van der Waals surface area (Å²) in [7, 11) is 2.03. The van der Waals surface area contributed by atoms with Crippen LogP contribution in [-0.2, 0) is 0 Å². The molecule has 25 heavy (non-hydrogen) atoms. The number of hydrogen-bond donors (Lipinski definition) is 0. The summed E-state index contributed by atoms with van der Waals surface area (Å²) in [5.41, 5.74) is 3.38. The minimum Gasteiger partial charge on any atom is -0.326 e. The zero-order valence-corrected chi connectivity index (χ0v) is 16.7. The molecule has 0 saturated heterocycles. The monoisotopic (exact) mass is 458 g/mol. The van der Waals surface area contributed by atoms with Gasteiger partial charge in [-0.1, -0.05) is 56.1 Å². The van der Waals surface area contributed by atoms with E-state index in [0.29, 0.717) is 0 Å². The van der Waals surface area contributed by atoms with Gasteiger partial charge in [0.2, 0.25) is 0 Å². The molecule has 0 bridgehead atoms. The average molecular weight is 460 g/mol. The number of aromatic nitrogens is 2. The lowest BCUT2D eigenvalue weighted by atomic mass is 9.93. The van der Waals surface area contributed by atoms with Gasteiger partial charge in [0.05, 0.1) is 18.1 Å². The zero-order valence-electron chi connectivity index (χ0n) is 13.6. The van der Waals surface area contributed by atoms with Gasteiger partial charge < -0.3 is 4.57 Å². The number of imidazole rings is 1. The Morgan fingerprint density at radius 2 is 1.52 bits per heavy atom. The Bertz CT molecular complexity index is 886. The molecule has 1 aromatic heterocycles. The Labute approximate surface area is 163 Å². The molecule has 4 rings (SSSR count). The predicted octanol–water partition coefficient (Wildman–Crippen LogP) is 5.04. The molecule has 4 nitrogen and oxygen atoms in total. The molecule has 126 valence electrons. The molecule has 0 radical (unpaired) electrons. The lowest BCUT2D eigenvalue weighted by molar-refractivity contribution is 0.250. The van der Waals surface area contributed by atoms with Crippen molar-refractivity contribution in [2.75, 3.05) is 7.05 Å². The molecule has 2 heterocycles. The second-order valence-corrected chi connectivity index (χ2v) is 7.85. The molecule has 0 aliphatic carbocycles. The van der Waals surface area contributed by atoms with Crippen LogP contribution in [0.25, 0.3) is 0 Å².